The van der Waals surface area contributed by atoms with Gasteiger partial charge in [-0.3, -0.25) is 4.79 Å². The second-order valence-electron chi connectivity index (χ2n) is 8.87. The fourth-order valence-corrected chi connectivity index (χ4v) is 4.46. The van der Waals surface area contributed by atoms with Crippen molar-refractivity contribution in [1.29, 1.82) is 0 Å². The summed E-state index contributed by atoms with van der Waals surface area (Å²) < 4.78 is 1.71. The molecule has 0 aromatic carbocycles. The molecule has 1 N–H and O–H groups in total. The summed E-state index contributed by atoms with van der Waals surface area (Å²) in [6.45, 7) is 5.80. The Bertz CT molecular complexity index is 1070. The third-order valence-corrected chi connectivity index (χ3v) is 6.58. The van der Waals surface area contributed by atoms with E-state index in [0.717, 1.165) is 62.4 Å². The Balaban J connectivity index is 1.17. The summed E-state index contributed by atoms with van der Waals surface area (Å²) in [7, 11) is 0. The van der Waals surface area contributed by atoms with Crippen molar-refractivity contribution in [3.05, 3.63) is 43.2 Å². The van der Waals surface area contributed by atoms with Crippen LogP contribution in [0.3, 0.4) is 0 Å². The summed E-state index contributed by atoms with van der Waals surface area (Å²) in [5, 5.41) is 7.24. The van der Waals surface area contributed by atoms with Crippen LogP contribution in [0, 0.1) is 11.8 Å². The summed E-state index contributed by atoms with van der Waals surface area (Å²) in [5.74, 6) is 3.77. The summed E-state index contributed by atoms with van der Waals surface area (Å²) in [5.41, 5.74) is 0. The molecule has 2 aliphatic rings. The molecule has 10 heteroatoms. The normalized spacial score (nSPS) is 17.8. The van der Waals surface area contributed by atoms with Crippen LogP contribution in [0.4, 0.5) is 17.5 Å². The second-order valence-corrected chi connectivity index (χ2v) is 8.87. The lowest BCUT2D eigenvalue weighted by atomic mass is 9.96. The minimum atomic E-state index is -0.0528. The highest BCUT2D eigenvalue weighted by Crippen LogP contribution is 2.25. The molecule has 0 aliphatic carbocycles. The molecular formula is C23H29N9O. The number of carbonyl (C=O) groups excluding carboxylic acids is 1. The van der Waals surface area contributed by atoms with Crippen LogP contribution in [0.5, 0.6) is 0 Å². The number of carbonyl (C=O) groups is 1. The van der Waals surface area contributed by atoms with Crippen LogP contribution in [0.15, 0.2) is 43.2 Å². The SMILES string of the molecule is CC1CCN(c2cc(NC(=O)C3CCN(c4cc(-n5cccn5)ncn4)CC3)ncn2)CC1. The largest absolute Gasteiger partial charge is 0.356 e. The van der Waals surface area contributed by atoms with Crippen molar-refractivity contribution in [1.82, 2.24) is 29.7 Å². The first kappa shape index (κ1) is 21.3. The summed E-state index contributed by atoms with van der Waals surface area (Å²) in [4.78, 5) is 34.8. The topological polar surface area (TPSA) is 105 Å². The van der Waals surface area contributed by atoms with Crippen LogP contribution in [-0.4, -0.2) is 61.8 Å². The maximum absolute atomic E-state index is 12.9. The molecule has 3 aromatic rings. The molecule has 2 fully saturated rings. The fraction of sp³-hybridized carbons (Fsp3) is 0.478. The third-order valence-electron chi connectivity index (χ3n) is 6.58. The van der Waals surface area contributed by atoms with Gasteiger partial charge in [0.15, 0.2) is 5.82 Å². The van der Waals surface area contributed by atoms with E-state index in [-0.39, 0.29) is 11.8 Å². The van der Waals surface area contributed by atoms with Crippen molar-refractivity contribution in [2.75, 3.05) is 41.3 Å². The van der Waals surface area contributed by atoms with Gasteiger partial charge in [-0.2, -0.15) is 5.10 Å². The lowest BCUT2D eigenvalue weighted by molar-refractivity contribution is -0.120. The molecule has 0 unspecified atom stereocenters. The lowest BCUT2D eigenvalue weighted by Gasteiger charge is -2.32. The number of nitrogens with zero attached hydrogens (tertiary/aromatic N) is 8. The van der Waals surface area contributed by atoms with Gasteiger partial charge in [0.2, 0.25) is 5.91 Å². The van der Waals surface area contributed by atoms with Crippen LogP contribution < -0.4 is 15.1 Å². The number of aromatic nitrogens is 6. The van der Waals surface area contributed by atoms with Crippen LogP contribution in [0.1, 0.15) is 32.6 Å². The minimum Gasteiger partial charge on any atom is -0.356 e. The molecule has 172 valence electrons. The fourth-order valence-electron chi connectivity index (χ4n) is 4.46. The number of amides is 1. The van der Waals surface area contributed by atoms with Gasteiger partial charge in [-0.15, -0.1) is 0 Å². The zero-order chi connectivity index (χ0) is 22.6. The maximum atomic E-state index is 12.9. The van der Waals surface area contributed by atoms with E-state index < -0.39 is 0 Å². The van der Waals surface area contributed by atoms with Gasteiger partial charge < -0.3 is 15.1 Å². The predicted molar refractivity (Wildman–Crippen MR) is 125 cm³/mol. The molecule has 3 aromatic heterocycles. The molecule has 5 rings (SSSR count). The van der Waals surface area contributed by atoms with Gasteiger partial charge in [0, 0.05) is 56.6 Å². The van der Waals surface area contributed by atoms with E-state index in [1.54, 1.807) is 17.2 Å². The number of piperidine rings is 2. The van der Waals surface area contributed by atoms with Gasteiger partial charge in [0.05, 0.1) is 0 Å². The first-order chi connectivity index (χ1) is 16.2. The van der Waals surface area contributed by atoms with Gasteiger partial charge in [-0.25, -0.2) is 24.6 Å². The molecule has 2 saturated heterocycles. The molecule has 1 amide bonds. The van der Waals surface area contributed by atoms with Gasteiger partial charge in [0.1, 0.15) is 30.1 Å². The van der Waals surface area contributed by atoms with Crippen molar-refractivity contribution in [3.8, 4) is 5.82 Å². The molecule has 33 heavy (non-hydrogen) atoms. The maximum Gasteiger partial charge on any atom is 0.228 e. The van der Waals surface area contributed by atoms with E-state index in [2.05, 4.69) is 47.1 Å². The van der Waals surface area contributed by atoms with Crippen molar-refractivity contribution in [3.63, 3.8) is 0 Å². The summed E-state index contributed by atoms with van der Waals surface area (Å²) in [6.07, 6.45) is 10.5. The van der Waals surface area contributed by atoms with E-state index >= 15 is 0 Å². The van der Waals surface area contributed by atoms with E-state index in [1.807, 2.05) is 24.4 Å². The van der Waals surface area contributed by atoms with Gasteiger partial charge in [-0.05, 0) is 37.7 Å². The van der Waals surface area contributed by atoms with Gasteiger partial charge >= 0.3 is 0 Å². The lowest BCUT2D eigenvalue weighted by Crippen LogP contribution is -2.38. The number of nitrogens with one attached hydrogen (secondary N) is 1. The van der Waals surface area contributed by atoms with Gasteiger partial charge in [-0.1, -0.05) is 6.92 Å². The highest BCUT2D eigenvalue weighted by Gasteiger charge is 2.26. The molecule has 0 radical (unpaired) electrons. The Morgan fingerprint density at radius 3 is 2.21 bits per heavy atom. The Hall–Kier alpha value is -3.56. The molecule has 0 bridgehead atoms. The monoisotopic (exact) mass is 447 g/mol. The smallest absolute Gasteiger partial charge is 0.228 e. The second kappa shape index (κ2) is 9.51. The predicted octanol–water partition coefficient (Wildman–Crippen LogP) is 2.54. The molecule has 5 heterocycles. The minimum absolute atomic E-state index is 0.0199. The van der Waals surface area contributed by atoms with E-state index in [0.29, 0.717) is 5.82 Å². The third kappa shape index (κ3) is 4.94. The summed E-state index contributed by atoms with van der Waals surface area (Å²) >= 11 is 0. The van der Waals surface area contributed by atoms with Crippen molar-refractivity contribution in [2.24, 2.45) is 11.8 Å². The highest BCUT2D eigenvalue weighted by molar-refractivity contribution is 5.92. The molecular weight excluding hydrogens is 418 g/mol. The number of hydrogen-bond donors (Lipinski definition) is 1. The Morgan fingerprint density at radius 2 is 1.52 bits per heavy atom. The average molecular weight is 448 g/mol. The Labute approximate surface area is 193 Å². The van der Waals surface area contributed by atoms with Crippen molar-refractivity contribution >= 4 is 23.4 Å². The molecule has 10 nitrogen and oxygen atoms in total. The first-order valence-electron chi connectivity index (χ1n) is 11.6. The van der Waals surface area contributed by atoms with Crippen LogP contribution >= 0.6 is 0 Å². The molecule has 0 saturated carbocycles. The van der Waals surface area contributed by atoms with Crippen molar-refractivity contribution < 1.29 is 4.79 Å². The summed E-state index contributed by atoms with van der Waals surface area (Å²) in [6, 6.07) is 5.68. The van der Waals surface area contributed by atoms with E-state index in [4.69, 9.17) is 0 Å². The van der Waals surface area contributed by atoms with Gasteiger partial charge in [0.25, 0.3) is 0 Å². The zero-order valence-electron chi connectivity index (χ0n) is 18.8. The Morgan fingerprint density at radius 1 is 0.879 bits per heavy atom. The number of hydrogen-bond acceptors (Lipinski definition) is 8. The standard InChI is InChI=1S/C23H29N9O/c1-17-3-9-30(10-4-17)20-13-19(24-15-25-20)29-23(33)18-5-11-31(12-6-18)21-14-22(27-16-26-21)32-8-2-7-28-32/h2,7-8,13-18H,3-6,9-12H2,1H3,(H,24,25,29,33). The molecule has 0 atom stereocenters. The number of anilines is 3. The zero-order valence-corrected chi connectivity index (χ0v) is 18.8. The molecule has 2 aliphatic heterocycles. The highest BCUT2D eigenvalue weighted by atomic mass is 16.2. The Kier molecular flexibility index (Phi) is 6.14. The van der Waals surface area contributed by atoms with E-state index in [1.165, 1.54) is 19.2 Å². The van der Waals surface area contributed by atoms with Crippen LogP contribution in [0.2, 0.25) is 0 Å². The average Bonchev–Trinajstić information content (AvgIpc) is 3.40. The van der Waals surface area contributed by atoms with Crippen LogP contribution in [0.25, 0.3) is 5.82 Å². The van der Waals surface area contributed by atoms with E-state index in [9.17, 15) is 4.79 Å². The number of rotatable bonds is 5. The van der Waals surface area contributed by atoms with Crippen molar-refractivity contribution in [2.45, 2.75) is 32.6 Å². The molecule has 0 spiro atoms. The quantitative estimate of drug-likeness (QED) is 0.636. The van der Waals surface area contributed by atoms with Crippen LogP contribution in [-0.2, 0) is 4.79 Å². The first-order valence-corrected chi connectivity index (χ1v) is 11.6.